The zero-order valence-corrected chi connectivity index (χ0v) is 9.84. The maximum Gasteiger partial charge on any atom is 0.161 e. The van der Waals surface area contributed by atoms with Gasteiger partial charge in [-0.3, -0.25) is 0 Å². The summed E-state index contributed by atoms with van der Waals surface area (Å²) in [6, 6.07) is 2.42. The Morgan fingerprint density at radius 2 is 1.82 bits per heavy atom. The summed E-state index contributed by atoms with van der Waals surface area (Å²) in [5, 5.41) is 3.18. The second-order valence-electron chi connectivity index (χ2n) is 4.58. The molecule has 0 aromatic heterocycles. The lowest BCUT2D eigenvalue weighted by Gasteiger charge is -2.30. The molecular formula is C12H17F2N3. The van der Waals surface area contributed by atoms with E-state index in [4.69, 9.17) is 5.73 Å². The van der Waals surface area contributed by atoms with Crippen LogP contribution in [0, 0.1) is 11.6 Å². The van der Waals surface area contributed by atoms with Gasteiger partial charge in [-0.15, -0.1) is 0 Å². The molecule has 1 aromatic carbocycles. The summed E-state index contributed by atoms with van der Waals surface area (Å²) in [7, 11) is 2.07. The van der Waals surface area contributed by atoms with Crippen LogP contribution in [-0.4, -0.2) is 31.1 Å². The van der Waals surface area contributed by atoms with Crippen molar-refractivity contribution >= 4 is 11.4 Å². The number of nitrogens with two attached hydrogens (primary N) is 1. The van der Waals surface area contributed by atoms with Gasteiger partial charge in [0.15, 0.2) is 11.6 Å². The zero-order chi connectivity index (χ0) is 12.4. The van der Waals surface area contributed by atoms with Crippen molar-refractivity contribution in [2.75, 3.05) is 31.2 Å². The van der Waals surface area contributed by atoms with Gasteiger partial charge in [-0.05, 0) is 33.0 Å². The highest BCUT2D eigenvalue weighted by atomic mass is 19.2. The highest BCUT2D eigenvalue weighted by Crippen LogP contribution is 2.24. The number of halogens is 2. The van der Waals surface area contributed by atoms with Crippen LogP contribution < -0.4 is 11.1 Å². The molecule has 0 saturated carbocycles. The Morgan fingerprint density at radius 3 is 2.47 bits per heavy atom. The van der Waals surface area contributed by atoms with Crippen LogP contribution in [0.3, 0.4) is 0 Å². The Bertz CT molecular complexity index is 401. The first kappa shape index (κ1) is 12.1. The normalized spacial score (nSPS) is 18.3. The molecule has 1 aliphatic rings. The van der Waals surface area contributed by atoms with Crippen molar-refractivity contribution in [2.24, 2.45) is 0 Å². The first-order chi connectivity index (χ1) is 8.06. The zero-order valence-electron chi connectivity index (χ0n) is 9.84. The van der Waals surface area contributed by atoms with Gasteiger partial charge in [0.25, 0.3) is 0 Å². The van der Waals surface area contributed by atoms with Gasteiger partial charge in [-0.1, -0.05) is 0 Å². The van der Waals surface area contributed by atoms with Crippen molar-refractivity contribution in [3.63, 3.8) is 0 Å². The fourth-order valence-corrected chi connectivity index (χ4v) is 2.06. The fourth-order valence-electron chi connectivity index (χ4n) is 2.06. The minimum absolute atomic E-state index is 0.253. The van der Waals surface area contributed by atoms with Crippen molar-refractivity contribution in [3.8, 4) is 0 Å². The molecule has 0 atom stereocenters. The van der Waals surface area contributed by atoms with E-state index < -0.39 is 11.6 Å². The summed E-state index contributed by atoms with van der Waals surface area (Å²) in [5.41, 5.74) is 6.39. The standard InChI is InChI=1S/C12H17F2N3/c1-17-4-2-8(3-5-17)16-12-7-10(14)9(13)6-11(12)15/h6-8,16H,2-5,15H2,1H3. The summed E-state index contributed by atoms with van der Waals surface area (Å²) in [5.74, 6) is -1.77. The Kier molecular flexibility index (Phi) is 3.47. The third-order valence-electron chi connectivity index (χ3n) is 3.17. The van der Waals surface area contributed by atoms with Gasteiger partial charge in [0.1, 0.15) is 0 Å². The van der Waals surface area contributed by atoms with E-state index >= 15 is 0 Å². The summed E-state index contributed by atoms with van der Waals surface area (Å²) in [4.78, 5) is 2.24. The van der Waals surface area contributed by atoms with E-state index in [9.17, 15) is 8.78 Å². The van der Waals surface area contributed by atoms with Crippen LogP contribution in [0.4, 0.5) is 20.2 Å². The van der Waals surface area contributed by atoms with Crippen LogP contribution in [0.5, 0.6) is 0 Å². The van der Waals surface area contributed by atoms with E-state index in [0.29, 0.717) is 5.69 Å². The number of hydrogen-bond acceptors (Lipinski definition) is 3. The molecule has 3 N–H and O–H groups in total. The quantitative estimate of drug-likeness (QED) is 0.779. The van der Waals surface area contributed by atoms with Crippen LogP contribution in [0.2, 0.25) is 0 Å². The molecule has 0 unspecified atom stereocenters. The largest absolute Gasteiger partial charge is 0.397 e. The predicted molar refractivity (Wildman–Crippen MR) is 64.9 cm³/mol. The van der Waals surface area contributed by atoms with E-state index in [2.05, 4.69) is 17.3 Å². The van der Waals surface area contributed by atoms with E-state index in [1.807, 2.05) is 0 Å². The number of likely N-dealkylation sites (tertiary alicyclic amines) is 1. The van der Waals surface area contributed by atoms with Crippen LogP contribution in [0.25, 0.3) is 0 Å². The van der Waals surface area contributed by atoms with Crippen LogP contribution in [0.1, 0.15) is 12.8 Å². The van der Waals surface area contributed by atoms with Gasteiger partial charge < -0.3 is 16.0 Å². The minimum atomic E-state index is -0.906. The SMILES string of the molecule is CN1CCC(Nc2cc(F)c(F)cc2N)CC1. The lowest BCUT2D eigenvalue weighted by Crippen LogP contribution is -2.36. The summed E-state index contributed by atoms with van der Waals surface area (Å²) >= 11 is 0. The van der Waals surface area contributed by atoms with Crippen LogP contribution in [0.15, 0.2) is 12.1 Å². The Labute approximate surface area is 99.6 Å². The molecule has 0 radical (unpaired) electrons. The van der Waals surface area contributed by atoms with Gasteiger partial charge in [-0.2, -0.15) is 0 Å². The average Bonchev–Trinajstić information content (AvgIpc) is 2.29. The maximum atomic E-state index is 13.1. The van der Waals surface area contributed by atoms with Gasteiger partial charge >= 0.3 is 0 Å². The topological polar surface area (TPSA) is 41.3 Å². The molecule has 17 heavy (non-hydrogen) atoms. The Morgan fingerprint density at radius 1 is 1.24 bits per heavy atom. The Hall–Kier alpha value is -1.36. The van der Waals surface area contributed by atoms with E-state index in [1.54, 1.807) is 0 Å². The first-order valence-electron chi connectivity index (χ1n) is 5.76. The third kappa shape index (κ3) is 2.85. The molecule has 2 rings (SSSR count). The number of hydrogen-bond donors (Lipinski definition) is 2. The van der Waals surface area contributed by atoms with Crippen molar-refractivity contribution in [1.82, 2.24) is 4.90 Å². The molecule has 1 saturated heterocycles. The molecule has 1 heterocycles. The molecule has 0 bridgehead atoms. The number of nitrogens with zero attached hydrogens (tertiary/aromatic N) is 1. The molecule has 0 amide bonds. The summed E-state index contributed by atoms with van der Waals surface area (Å²) in [6.45, 7) is 2.00. The number of anilines is 2. The number of rotatable bonds is 2. The molecule has 3 nitrogen and oxygen atoms in total. The van der Waals surface area contributed by atoms with Gasteiger partial charge in [-0.25, -0.2) is 8.78 Å². The van der Waals surface area contributed by atoms with Crippen molar-refractivity contribution < 1.29 is 8.78 Å². The highest BCUT2D eigenvalue weighted by molar-refractivity contribution is 5.66. The van der Waals surface area contributed by atoms with E-state index in [0.717, 1.165) is 38.1 Å². The monoisotopic (exact) mass is 241 g/mol. The summed E-state index contributed by atoms with van der Waals surface area (Å²) in [6.07, 6.45) is 1.96. The number of piperidine rings is 1. The molecule has 5 heteroatoms. The fraction of sp³-hybridized carbons (Fsp3) is 0.500. The smallest absolute Gasteiger partial charge is 0.161 e. The second kappa shape index (κ2) is 4.87. The van der Waals surface area contributed by atoms with Crippen molar-refractivity contribution in [1.29, 1.82) is 0 Å². The minimum Gasteiger partial charge on any atom is -0.397 e. The van der Waals surface area contributed by atoms with Crippen LogP contribution >= 0.6 is 0 Å². The van der Waals surface area contributed by atoms with Gasteiger partial charge in [0, 0.05) is 18.2 Å². The molecule has 1 fully saturated rings. The van der Waals surface area contributed by atoms with Gasteiger partial charge in [0.05, 0.1) is 11.4 Å². The van der Waals surface area contributed by atoms with Crippen molar-refractivity contribution in [2.45, 2.75) is 18.9 Å². The first-order valence-corrected chi connectivity index (χ1v) is 5.76. The average molecular weight is 241 g/mol. The second-order valence-corrected chi connectivity index (χ2v) is 4.58. The maximum absolute atomic E-state index is 13.1. The van der Waals surface area contributed by atoms with Crippen molar-refractivity contribution in [3.05, 3.63) is 23.8 Å². The molecule has 0 spiro atoms. The lowest BCUT2D eigenvalue weighted by atomic mass is 10.0. The molecule has 1 aliphatic heterocycles. The van der Waals surface area contributed by atoms with E-state index in [-0.39, 0.29) is 11.7 Å². The van der Waals surface area contributed by atoms with Crippen LogP contribution in [-0.2, 0) is 0 Å². The number of benzene rings is 1. The van der Waals surface area contributed by atoms with Gasteiger partial charge in [0.2, 0.25) is 0 Å². The third-order valence-corrected chi connectivity index (χ3v) is 3.17. The molecule has 94 valence electrons. The molecule has 1 aromatic rings. The highest BCUT2D eigenvalue weighted by Gasteiger charge is 2.17. The number of nitrogen functional groups attached to an aromatic ring is 1. The molecule has 0 aliphatic carbocycles. The van der Waals surface area contributed by atoms with E-state index in [1.165, 1.54) is 0 Å². The Balaban J connectivity index is 2.06. The lowest BCUT2D eigenvalue weighted by molar-refractivity contribution is 0.264. The number of nitrogens with one attached hydrogen (secondary N) is 1. The predicted octanol–water partition coefficient (Wildman–Crippen LogP) is 2.05. The molecular weight excluding hydrogens is 224 g/mol. The summed E-state index contributed by atoms with van der Waals surface area (Å²) < 4.78 is 26.0.